The predicted octanol–water partition coefficient (Wildman–Crippen LogP) is 1.87. The summed E-state index contributed by atoms with van der Waals surface area (Å²) in [5.74, 6) is -0.964. The Bertz CT molecular complexity index is 525. The summed E-state index contributed by atoms with van der Waals surface area (Å²) >= 11 is 0. The smallest absolute Gasteiger partial charge is 0.339 e. The maximum Gasteiger partial charge on any atom is 0.339 e. The lowest BCUT2D eigenvalue weighted by atomic mass is 10.2. The average molecular weight is 260 g/mol. The van der Waals surface area contributed by atoms with Gasteiger partial charge in [0.05, 0.1) is 12.0 Å². The van der Waals surface area contributed by atoms with E-state index in [9.17, 15) is 4.79 Å². The molecule has 0 unspecified atom stereocenters. The lowest BCUT2D eigenvalue weighted by Crippen LogP contribution is -2.08. The van der Waals surface area contributed by atoms with Gasteiger partial charge in [-0.3, -0.25) is 4.98 Å². The van der Waals surface area contributed by atoms with E-state index in [1.54, 1.807) is 24.8 Å². The molecule has 0 saturated carbocycles. The van der Waals surface area contributed by atoms with E-state index in [0.717, 1.165) is 25.9 Å². The van der Waals surface area contributed by atoms with Crippen molar-refractivity contribution in [1.82, 2.24) is 14.5 Å². The highest BCUT2D eigenvalue weighted by Crippen LogP contribution is 2.13. The van der Waals surface area contributed by atoms with E-state index in [1.165, 1.54) is 6.20 Å². The Hall–Kier alpha value is -2.37. The van der Waals surface area contributed by atoms with Crippen molar-refractivity contribution in [1.29, 1.82) is 0 Å². The predicted molar refractivity (Wildman–Crippen MR) is 71.1 cm³/mol. The number of hydrogen-bond donors (Lipinski definition) is 2. The Morgan fingerprint density at radius 3 is 2.95 bits per heavy atom. The zero-order valence-corrected chi connectivity index (χ0v) is 10.5. The normalized spacial score (nSPS) is 10.3. The van der Waals surface area contributed by atoms with Gasteiger partial charge >= 0.3 is 5.97 Å². The monoisotopic (exact) mass is 260 g/mol. The SMILES string of the molecule is O=C(O)c1cnccc1NCCCCn1ccnc1. The average Bonchev–Trinajstić information content (AvgIpc) is 2.92. The first-order chi connectivity index (χ1) is 9.27. The molecule has 0 aliphatic heterocycles. The summed E-state index contributed by atoms with van der Waals surface area (Å²) in [5, 5.41) is 12.1. The summed E-state index contributed by atoms with van der Waals surface area (Å²) in [4.78, 5) is 18.8. The maximum atomic E-state index is 11.0. The number of nitrogens with zero attached hydrogens (tertiary/aromatic N) is 3. The van der Waals surface area contributed by atoms with Crippen molar-refractivity contribution >= 4 is 11.7 Å². The van der Waals surface area contributed by atoms with Gasteiger partial charge in [0, 0.05) is 37.9 Å². The van der Waals surface area contributed by atoms with Gasteiger partial charge in [0.15, 0.2) is 0 Å². The molecular formula is C13H16N4O2. The lowest BCUT2D eigenvalue weighted by molar-refractivity contribution is 0.0697. The van der Waals surface area contributed by atoms with Gasteiger partial charge in [-0.1, -0.05) is 0 Å². The minimum absolute atomic E-state index is 0.206. The van der Waals surface area contributed by atoms with Gasteiger partial charge in [0.1, 0.15) is 5.56 Å². The molecule has 2 rings (SSSR count). The van der Waals surface area contributed by atoms with Crippen LogP contribution in [0.15, 0.2) is 37.2 Å². The van der Waals surface area contributed by atoms with Gasteiger partial charge in [0.2, 0.25) is 0 Å². The molecule has 0 fully saturated rings. The van der Waals surface area contributed by atoms with Crippen molar-refractivity contribution in [2.45, 2.75) is 19.4 Å². The summed E-state index contributed by atoms with van der Waals surface area (Å²) < 4.78 is 2.02. The molecule has 0 aliphatic carbocycles. The molecule has 6 heteroatoms. The molecule has 2 aromatic heterocycles. The molecule has 2 N–H and O–H groups in total. The van der Waals surface area contributed by atoms with Gasteiger partial charge in [-0.25, -0.2) is 9.78 Å². The zero-order chi connectivity index (χ0) is 13.5. The fourth-order valence-corrected chi connectivity index (χ4v) is 1.78. The van der Waals surface area contributed by atoms with E-state index in [4.69, 9.17) is 5.11 Å². The molecule has 0 atom stereocenters. The first-order valence-electron chi connectivity index (χ1n) is 6.14. The van der Waals surface area contributed by atoms with Crippen LogP contribution in [0, 0.1) is 0 Å². The van der Waals surface area contributed by atoms with Crippen LogP contribution in [0.5, 0.6) is 0 Å². The molecule has 0 bridgehead atoms. The quantitative estimate of drug-likeness (QED) is 0.743. The third-order valence-electron chi connectivity index (χ3n) is 2.77. The number of hydrogen-bond acceptors (Lipinski definition) is 4. The van der Waals surface area contributed by atoms with E-state index in [0.29, 0.717) is 5.69 Å². The first-order valence-corrected chi connectivity index (χ1v) is 6.14. The van der Waals surface area contributed by atoms with Crippen LogP contribution < -0.4 is 5.32 Å². The zero-order valence-electron chi connectivity index (χ0n) is 10.5. The van der Waals surface area contributed by atoms with Crippen molar-refractivity contribution in [2.75, 3.05) is 11.9 Å². The van der Waals surface area contributed by atoms with Gasteiger partial charge in [-0.05, 0) is 18.9 Å². The number of imidazole rings is 1. The van der Waals surface area contributed by atoms with Gasteiger partial charge in [0.25, 0.3) is 0 Å². The number of rotatable bonds is 7. The number of unbranched alkanes of at least 4 members (excludes halogenated alkanes) is 1. The number of anilines is 1. The second-order valence-electron chi connectivity index (χ2n) is 4.16. The Morgan fingerprint density at radius 1 is 1.32 bits per heavy atom. The number of nitrogens with one attached hydrogen (secondary N) is 1. The first kappa shape index (κ1) is 13.1. The highest BCUT2D eigenvalue weighted by molar-refractivity contribution is 5.93. The van der Waals surface area contributed by atoms with Crippen molar-refractivity contribution < 1.29 is 9.90 Å². The molecule has 2 aromatic rings. The van der Waals surface area contributed by atoms with Gasteiger partial charge < -0.3 is 15.0 Å². The standard InChI is InChI=1S/C13H16N4O2/c18-13(19)11-9-14-5-3-12(11)16-4-1-2-7-17-8-6-15-10-17/h3,5-6,8-10H,1-2,4,7H2,(H,14,16)(H,18,19). The molecule has 0 amide bonds. The minimum atomic E-state index is -0.964. The minimum Gasteiger partial charge on any atom is -0.478 e. The number of carboxylic acid groups (broad SMARTS) is 1. The van der Waals surface area contributed by atoms with Crippen LogP contribution in [0.2, 0.25) is 0 Å². The summed E-state index contributed by atoms with van der Waals surface area (Å²) in [6, 6.07) is 1.68. The topological polar surface area (TPSA) is 80.0 Å². The third kappa shape index (κ3) is 3.80. The Balaban J connectivity index is 1.75. The molecule has 0 spiro atoms. The fourth-order valence-electron chi connectivity index (χ4n) is 1.78. The number of aromatic carboxylic acids is 1. The van der Waals surface area contributed by atoms with E-state index in [2.05, 4.69) is 15.3 Å². The molecule has 0 radical (unpaired) electrons. The van der Waals surface area contributed by atoms with Gasteiger partial charge in [-0.15, -0.1) is 0 Å². The third-order valence-corrected chi connectivity index (χ3v) is 2.77. The number of aryl methyl sites for hydroxylation is 1. The molecule has 19 heavy (non-hydrogen) atoms. The molecule has 6 nitrogen and oxygen atoms in total. The Labute approximate surface area is 111 Å². The van der Waals surface area contributed by atoms with Crippen molar-refractivity contribution in [2.24, 2.45) is 0 Å². The van der Waals surface area contributed by atoms with Crippen LogP contribution >= 0.6 is 0 Å². The van der Waals surface area contributed by atoms with E-state index in [-0.39, 0.29) is 5.56 Å². The van der Waals surface area contributed by atoms with Crippen molar-refractivity contribution in [3.8, 4) is 0 Å². The van der Waals surface area contributed by atoms with Crippen LogP contribution in [-0.2, 0) is 6.54 Å². The Kier molecular flexibility index (Phi) is 4.49. The Morgan fingerprint density at radius 2 is 2.21 bits per heavy atom. The summed E-state index contributed by atoms with van der Waals surface area (Å²) in [7, 11) is 0. The van der Waals surface area contributed by atoms with Crippen LogP contribution in [0.25, 0.3) is 0 Å². The second kappa shape index (κ2) is 6.53. The second-order valence-corrected chi connectivity index (χ2v) is 4.16. The molecule has 2 heterocycles. The van der Waals surface area contributed by atoms with E-state index in [1.807, 2.05) is 10.8 Å². The van der Waals surface area contributed by atoms with Crippen LogP contribution in [0.4, 0.5) is 5.69 Å². The summed E-state index contributed by atoms with van der Waals surface area (Å²) in [5.41, 5.74) is 0.822. The van der Waals surface area contributed by atoms with Crippen LogP contribution in [0.1, 0.15) is 23.2 Å². The molecule has 0 aliphatic rings. The number of aromatic nitrogens is 3. The molecule has 0 saturated heterocycles. The highest BCUT2D eigenvalue weighted by Gasteiger charge is 2.08. The summed E-state index contributed by atoms with van der Waals surface area (Å²) in [6.45, 7) is 1.66. The summed E-state index contributed by atoms with van der Waals surface area (Å²) in [6.07, 6.45) is 10.4. The molecular weight excluding hydrogens is 244 g/mol. The van der Waals surface area contributed by atoms with Gasteiger partial charge in [-0.2, -0.15) is 0 Å². The van der Waals surface area contributed by atoms with Crippen LogP contribution in [-0.4, -0.2) is 32.2 Å². The highest BCUT2D eigenvalue weighted by atomic mass is 16.4. The number of carboxylic acids is 1. The van der Waals surface area contributed by atoms with Crippen molar-refractivity contribution in [3.05, 3.63) is 42.7 Å². The van der Waals surface area contributed by atoms with Crippen molar-refractivity contribution in [3.63, 3.8) is 0 Å². The number of carbonyl (C=O) groups is 1. The maximum absolute atomic E-state index is 11.0. The lowest BCUT2D eigenvalue weighted by Gasteiger charge is -2.08. The fraction of sp³-hybridized carbons (Fsp3) is 0.308. The molecule has 100 valence electrons. The number of pyridine rings is 1. The molecule has 0 aromatic carbocycles. The van der Waals surface area contributed by atoms with Crippen LogP contribution in [0.3, 0.4) is 0 Å². The van der Waals surface area contributed by atoms with E-state index < -0.39 is 5.97 Å². The largest absolute Gasteiger partial charge is 0.478 e. The van der Waals surface area contributed by atoms with E-state index >= 15 is 0 Å².